The second-order valence-electron chi connectivity index (χ2n) is 4.83. The lowest BCUT2D eigenvalue weighted by atomic mass is 9.84. The highest BCUT2D eigenvalue weighted by molar-refractivity contribution is 6.18. The third kappa shape index (κ3) is 3.93. The summed E-state index contributed by atoms with van der Waals surface area (Å²) in [6, 6.07) is 5.69. The molecule has 0 aliphatic rings. The van der Waals surface area contributed by atoms with E-state index in [0.29, 0.717) is 12.4 Å². The molecule has 0 aliphatic heterocycles. The molecule has 0 aromatic heterocycles. The second kappa shape index (κ2) is 7.24. The SMILES string of the molecule is CCC(CC)(CCl)CNC(=O)c1cccc([N+](=O)[O-])c1. The van der Waals surface area contributed by atoms with Crippen LogP contribution in [0.2, 0.25) is 0 Å². The Morgan fingerprint density at radius 1 is 1.40 bits per heavy atom. The summed E-state index contributed by atoms with van der Waals surface area (Å²) in [4.78, 5) is 22.2. The normalized spacial score (nSPS) is 11.2. The molecule has 1 amide bonds. The highest BCUT2D eigenvalue weighted by Gasteiger charge is 2.26. The van der Waals surface area contributed by atoms with Gasteiger partial charge in [0.1, 0.15) is 0 Å². The number of alkyl halides is 1. The maximum atomic E-state index is 12.0. The minimum Gasteiger partial charge on any atom is -0.351 e. The predicted molar refractivity (Wildman–Crippen MR) is 79.2 cm³/mol. The van der Waals surface area contributed by atoms with Crippen molar-refractivity contribution in [3.05, 3.63) is 39.9 Å². The maximum Gasteiger partial charge on any atom is 0.270 e. The minimum atomic E-state index is -0.516. The molecule has 110 valence electrons. The third-order valence-electron chi connectivity index (χ3n) is 3.73. The lowest BCUT2D eigenvalue weighted by Gasteiger charge is -2.29. The van der Waals surface area contributed by atoms with E-state index in [1.165, 1.54) is 18.2 Å². The quantitative estimate of drug-likeness (QED) is 0.476. The highest BCUT2D eigenvalue weighted by atomic mass is 35.5. The van der Waals surface area contributed by atoms with Crippen LogP contribution in [0.5, 0.6) is 0 Å². The van der Waals surface area contributed by atoms with E-state index in [-0.39, 0.29) is 22.6 Å². The highest BCUT2D eigenvalue weighted by Crippen LogP contribution is 2.27. The number of rotatable bonds is 7. The molecule has 0 unspecified atom stereocenters. The van der Waals surface area contributed by atoms with E-state index in [9.17, 15) is 14.9 Å². The van der Waals surface area contributed by atoms with Crippen molar-refractivity contribution in [3.63, 3.8) is 0 Å². The van der Waals surface area contributed by atoms with Gasteiger partial charge >= 0.3 is 0 Å². The maximum absolute atomic E-state index is 12.0. The van der Waals surface area contributed by atoms with Crippen molar-refractivity contribution in [2.45, 2.75) is 26.7 Å². The van der Waals surface area contributed by atoms with Crippen LogP contribution >= 0.6 is 11.6 Å². The van der Waals surface area contributed by atoms with Crippen LogP contribution in [0.1, 0.15) is 37.0 Å². The Bertz CT molecular complexity index is 479. The fourth-order valence-corrected chi connectivity index (χ4v) is 2.34. The van der Waals surface area contributed by atoms with E-state index in [1.54, 1.807) is 6.07 Å². The van der Waals surface area contributed by atoms with Gasteiger partial charge in [0.2, 0.25) is 0 Å². The van der Waals surface area contributed by atoms with E-state index >= 15 is 0 Å². The largest absolute Gasteiger partial charge is 0.351 e. The van der Waals surface area contributed by atoms with Crippen LogP contribution in [0.25, 0.3) is 0 Å². The van der Waals surface area contributed by atoms with Gasteiger partial charge in [-0.25, -0.2) is 0 Å². The molecule has 0 spiro atoms. The van der Waals surface area contributed by atoms with Crippen molar-refractivity contribution >= 4 is 23.2 Å². The lowest BCUT2D eigenvalue weighted by molar-refractivity contribution is -0.384. The number of benzene rings is 1. The van der Waals surface area contributed by atoms with Crippen molar-refractivity contribution in [1.82, 2.24) is 5.32 Å². The summed E-state index contributed by atoms with van der Waals surface area (Å²) in [7, 11) is 0. The molecular formula is C14H19ClN2O3. The molecule has 1 N–H and O–H groups in total. The van der Waals surface area contributed by atoms with E-state index in [0.717, 1.165) is 12.8 Å². The zero-order chi connectivity index (χ0) is 15.2. The van der Waals surface area contributed by atoms with Crippen LogP contribution in [0.15, 0.2) is 24.3 Å². The second-order valence-corrected chi connectivity index (χ2v) is 5.10. The average Bonchev–Trinajstić information content (AvgIpc) is 2.49. The summed E-state index contributed by atoms with van der Waals surface area (Å²) < 4.78 is 0. The molecular weight excluding hydrogens is 280 g/mol. The molecule has 0 aliphatic carbocycles. The molecule has 0 fully saturated rings. The van der Waals surface area contributed by atoms with Crippen molar-refractivity contribution in [2.24, 2.45) is 5.41 Å². The van der Waals surface area contributed by atoms with E-state index in [1.807, 2.05) is 13.8 Å². The van der Waals surface area contributed by atoms with Gasteiger partial charge in [0.05, 0.1) is 4.92 Å². The summed E-state index contributed by atoms with van der Waals surface area (Å²) in [5, 5.41) is 13.5. The molecule has 1 aromatic carbocycles. The summed E-state index contributed by atoms with van der Waals surface area (Å²) in [6.45, 7) is 4.53. The zero-order valence-electron chi connectivity index (χ0n) is 11.7. The van der Waals surface area contributed by atoms with Crippen LogP contribution < -0.4 is 5.32 Å². The molecule has 20 heavy (non-hydrogen) atoms. The van der Waals surface area contributed by atoms with Gasteiger partial charge in [-0.3, -0.25) is 14.9 Å². The first-order valence-electron chi connectivity index (χ1n) is 6.56. The van der Waals surface area contributed by atoms with Crippen molar-refractivity contribution in [2.75, 3.05) is 12.4 Å². The molecule has 0 saturated carbocycles. The monoisotopic (exact) mass is 298 g/mol. The number of non-ortho nitro benzene ring substituents is 1. The number of halogens is 1. The molecule has 5 nitrogen and oxygen atoms in total. The Labute approximate surface area is 123 Å². The lowest BCUT2D eigenvalue weighted by Crippen LogP contribution is -2.38. The van der Waals surface area contributed by atoms with E-state index < -0.39 is 4.92 Å². The smallest absolute Gasteiger partial charge is 0.270 e. The number of carbonyl (C=O) groups excluding carboxylic acids is 1. The fourth-order valence-electron chi connectivity index (χ4n) is 1.87. The summed E-state index contributed by atoms with van der Waals surface area (Å²) in [5.74, 6) is 0.153. The number of hydrogen-bond acceptors (Lipinski definition) is 3. The number of nitro benzene ring substituents is 1. The first-order chi connectivity index (χ1) is 9.48. The van der Waals surface area contributed by atoms with Crippen LogP contribution in [0.4, 0.5) is 5.69 Å². The van der Waals surface area contributed by atoms with Crippen molar-refractivity contribution in [1.29, 1.82) is 0 Å². The van der Waals surface area contributed by atoms with Crippen LogP contribution in [-0.2, 0) is 0 Å². The van der Waals surface area contributed by atoms with Gasteiger partial charge in [0.25, 0.3) is 11.6 Å². The molecule has 6 heteroatoms. The van der Waals surface area contributed by atoms with Gasteiger partial charge in [-0.15, -0.1) is 11.6 Å². The number of nitrogens with one attached hydrogen (secondary N) is 1. The van der Waals surface area contributed by atoms with Crippen molar-refractivity contribution in [3.8, 4) is 0 Å². The van der Waals surface area contributed by atoms with Crippen LogP contribution in [0.3, 0.4) is 0 Å². The standard InChI is InChI=1S/C14H19ClN2O3/c1-3-14(4-2,9-15)10-16-13(18)11-6-5-7-12(8-11)17(19)20/h5-8H,3-4,9-10H2,1-2H3,(H,16,18). The molecule has 0 bridgehead atoms. The molecule has 0 radical (unpaired) electrons. The summed E-state index contributed by atoms with van der Waals surface area (Å²) in [5.41, 5.74) is 0.0694. The number of nitro groups is 1. The Balaban J connectivity index is 2.76. The molecule has 0 heterocycles. The molecule has 0 atom stereocenters. The van der Waals surface area contributed by atoms with Gasteiger partial charge < -0.3 is 5.32 Å². The van der Waals surface area contributed by atoms with Crippen LogP contribution in [0, 0.1) is 15.5 Å². The Morgan fingerprint density at radius 3 is 2.55 bits per heavy atom. The Morgan fingerprint density at radius 2 is 2.05 bits per heavy atom. The van der Waals surface area contributed by atoms with E-state index in [4.69, 9.17) is 11.6 Å². The van der Waals surface area contributed by atoms with Gasteiger partial charge in [-0.2, -0.15) is 0 Å². The van der Waals surface area contributed by atoms with Gasteiger partial charge in [-0.1, -0.05) is 19.9 Å². The summed E-state index contributed by atoms with van der Waals surface area (Å²) in [6.07, 6.45) is 1.73. The summed E-state index contributed by atoms with van der Waals surface area (Å²) >= 11 is 5.98. The van der Waals surface area contributed by atoms with Crippen molar-refractivity contribution < 1.29 is 9.72 Å². The van der Waals surface area contributed by atoms with Gasteiger partial charge in [0.15, 0.2) is 0 Å². The topological polar surface area (TPSA) is 72.2 Å². The minimum absolute atomic E-state index is 0.0905. The predicted octanol–water partition coefficient (Wildman–Crippen LogP) is 3.37. The molecule has 0 saturated heterocycles. The van der Waals surface area contributed by atoms with Gasteiger partial charge in [0, 0.05) is 35.5 Å². The fraction of sp³-hybridized carbons (Fsp3) is 0.500. The first-order valence-corrected chi connectivity index (χ1v) is 7.10. The number of amides is 1. The Kier molecular flexibility index (Phi) is 5.95. The first kappa shape index (κ1) is 16.4. The number of carbonyl (C=O) groups is 1. The average molecular weight is 299 g/mol. The van der Waals surface area contributed by atoms with E-state index in [2.05, 4.69) is 5.32 Å². The zero-order valence-corrected chi connectivity index (χ0v) is 12.4. The van der Waals surface area contributed by atoms with Gasteiger partial charge in [-0.05, 0) is 18.9 Å². The third-order valence-corrected chi connectivity index (χ3v) is 4.29. The number of nitrogens with zero attached hydrogens (tertiary/aromatic N) is 1. The molecule has 1 aromatic rings. The Hall–Kier alpha value is -1.62. The number of hydrogen-bond donors (Lipinski definition) is 1. The van der Waals surface area contributed by atoms with Crippen LogP contribution in [-0.4, -0.2) is 23.3 Å². The molecule has 1 rings (SSSR count).